The molecule has 7 nitrogen and oxygen atoms in total. The first kappa shape index (κ1) is 21.8. The van der Waals surface area contributed by atoms with Crippen molar-refractivity contribution in [1.82, 2.24) is 15.5 Å². The van der Waals surface area contributed by atoms with Gasteiger partial charge in [-0.15, -0.1) is 10.2 Å². The molecule has 30 heavy (non-hydrogen) atoms. The smallest absolute Gasteiger partial charge is 0.286 e. The Kier molecular flexibility index (Phi) is 7.81. The van der Waals surface area contributed by atoms with Crippen LogP contribution >= 0.6 is 23.1 Å². The number of nitrogens with one attached hydrogen (secondary N) is 2. The highest BCUT2D eigenvalue weighted by atomic mass is 32.2. The van der Waals surface area contributed by atoms with E-state index in [1.54, 1.807) is 12.1 Å². The van der Waals surface area contributed by atoms with Gasteiger partial charge >= 0.3 is 0 Å². The van der Waals surface area contributed by atoms with Gasteiger partial charge in [-0.3, -0.25) is 9.59 Å². The van der Waals surface area contributed by atoms with Crippen molar-refractivity contribution in [3.8, 4) is 5.75 Å². The van der Waals surface area contributed by atoms with Crippen LogP contribution in [0.2, 0.25) is 0 Å². The van der Waals surface area contributed by atoms with Gasteiger partial charge in [-0.05, 0) is 43.7 Å². The number of nitrogens with zero attached hydrogens (tertiary/aromatic N) is 2. The van der Waals surface area contributed by atoms with Crippen LogP contribution < -0.4 is 15.4 Å². The van der Waals surface area contributed by atoms with E-state index in [1.165, 1.54) is 11.8 Å². The molecule has 0 spiro atoms. The van der Waals surface area contributed by atoms with Crippen LogP contribution in [0.15, 0.2) is 58.9 Å². The Bertz CT molecular complexity index is 975. The summed E-state index contributed by atoms with van der Waals surface area (Å²) in [5.41, 5.74) is 1.68. The molecule has 0 saturated carbocycles. The lowest BCUT2D eigenvalue weighted by molar-refractivity contribution is -0.118. The minimum atomic E-state index is -0.320. The molecule has 3 rings (SSSR count). The fraction of sp³-hybridized carbons (Fsp3) is 0.238. The normalized spacial score (nSPS) is 10.6. The summed E-state index contributed by atoms with van der Waals surface area (Å²) < 4.78 is 6.17. The van der Waals surface area contributed by atoms with Gasteiger partial charge in [0.15, 0.2) is 4.34 Å². The number of amides is 2. The van der Waals surface area contributed by atoms with E-state index in [-0.39, 0.29) is 28.7 Å². The second kappa shape index (κ2) is 10.7. The highest BCUT2D eigenvalue weighted by Crippen LogP contribution is 2.23. The van der Waals surface area contributed by atoms with E-state index < -0.39 is 0 Å². The molecule has 2 aromatic carbocycles. The van der Waals surface area contributed by atoms with Gasteiger partial charge in [0.2, 0.25) is 10.9 Å². The molecule has 156 valence electrons. The summed E-state index contributed by atoms with van der Waals surface area (Å²) in [6.45, 7) is 4.38. The molecule has 3 aromatic rings. The minimum absolute atomic E-state index is 0.118. The fourth-order valence-electron chi connectivity index (χ4n) is 2.40. The van der Waals surface area contributed by atoms with Crippen LogP contribution in [0.5, 0.6) is 5.75 Å². The largest absolute Gasteiger partial charge is 0.491 e. The van der Waals surface area contributed by atoms with E-state index in [1.807, 2.05) is 56.3 Å². The first-order chi connectivity index (χ1) is 14.5. The number of para-hydroxylation sites is 1. The van der Waals surface area contributed by atoms with E-state index >= 15 is 0 Å². The average Bonchev–Trinajstić information content (AvgIpc) is 3.21. The number of hydrogen-bond donors (Lipinski definition) is 2. The first-order valence-electron chi connectivity index (χ1n) is 9.34. The fourth-order valence-corrected chi connectivity index (χ4v) is 3.98. The summed E-state index contributed by atoms with van der Waals surface area (Å²) in [4.78, 5) is 24.3. The average molecular weight is 443 g/mol. The lowest BCUT2D eigenvalue weighted by Crippen LogP contribution is -2.24. The molecule has 0 unspecified atom stereocenters. The van der Waals surface area contributed by atoms with E-state index in [9.17, 15) is 9.59 Å². The molecule has 2 N–H and O–H groups in total. The Hall–Kier alpha value is -2.91. The summed E-state index contributed by atoms with van der Waals surface area (Å²) in [6.07, 6.45) is 0.123. The molecule has 0 aliphatic carbocycles. The third-order valence-corrected chi connectivity index (χ3v) is 5.80. The number of ether oxygens (including phenoxy) is 1. The van der Waals surface area contributed by atoms with E-state index in [2.05, 4.69) is 20.8 Å². The molecule has 0 aliphatic rings. The monoisotopic (exact) mass is 442 g/mol. The topological polar surface area (TPSA) is 93.2 Å². The zero-order chi connectivity index (χ0) is 21.3. The standard InChI is InChI=1S/C21H22N4O3S2/c1-14(2)28-17-10-8-15(9-11-17)12-22-18(26)13-29-21-25-24-20(30-21)19(27)23-16-6-4-3-5-7-16/h3-11,14H,12-13H2,1-2H3,(H,22,26)(H,23,27). The van der Waals surface area contributed by atoms with Crippen molar-refractivity contribution in [3.63, 3.8) is 0 Å². The second-order valence-corrected chi connectivity index (χ2v) is 8.77. The van der Waals surface area contributed by atoms with Crippen molar-refractivity contribution in [1.29, 1.82) is 0 Å². The Morgan fingerprint density at radius 2 is 1.80 bits per heavy atom. The molecule has 0 atom stereocenters. The van der Waals surface area contributed by atoms with Gasteiger partial charge in [-0.25, -0.2) is 0 Å². The zero-order valence-electron chi connectivity index (χ0n) is 16.6. The molecule has 0 saturated heterocycles. The number of carbonyl (C=O) groups excluding carboxylic acids is 2. The lowest BCUT2D eigenvalue weighted by atomic mass is 10.2. The van der Waals surface area contributed by atoms with Crippen LogP contribution in [0.4, 0.5) is 5.69 Å². The second-order valence-electron chi connectivity index (χ2n) is 6.57. The van der Waals surface area contributed by atoms with Gasteiger partial charge in [-0.1, -0.05) is 53.4 Å². The molecule has 0 aliphatic heterocycles. The maximum atomic E-state index is 12.2. The number of anilines is 1. The van der Waals surface area contributed by atoms with Crippen molar-refractivity contribution in [3.05, 3.63) is 65.2 Å². The van der Waals surface area contributed by atoms with Crippen molar-refractivity contribution in [2.45, 2.75) is 30.8 Å². The summed E-state index contributed by atoms with van der Waals surface area (Å²) >= 11 is 2.41. The zero-order valence-corrected chi connectivity index (χ0v) is 18.3. The maximum absolute atomic E-state index is 12.2. The summed E-state index contributed by atoms with van der Waals surface area (Å²) in [5.74, 6) is 0.565. The van der Waals surface area contributed by atoms with E-state index in [4.69, 9.17) is 4.74 Å². The van der Waals surface area contributed by atoms with E-state index in [0.29, 0.717) is 16.6 Å². The highest BCUT2D eigenvalue weighted by Gasteiger charge is 2.14. The maximum Gasteiger partial charge on any atom is 0.286 e. The summed E-state index contributed by atoms with van der Waals surface area (Å²) in [5, 5.41) is 13.8. The number of aromatic nitrogens is 2. The van der Waals surface area contributed by atoms with Crippen LogP contribution in [0.1, 0.15) is 29.2 Å². The Balaban J connectivity index is 1.42. The SMILES string of the molecule is CC(C)Oc1ccc(CNC(=O)CSc2nnc(C(=O)Nc3ccccc3)s2)cc1. The Morgan fingerprint density at radius 1 is 1.07 bits per heavy atom. The first-order valence-corrected chi connectivity index (χ1v) is 11.1. The number of carbonyl (C=O) groups is 2. The molecule has 1 heterocycles. The van der Waals surface area contributed by atoms with Crippen molar-refractivity contribution < 1.29 is 14.3 Å². The predicted molar refractivity (Wildman–Crippen MR) is 119 cm³/mol. The summed E-state index contributed by atoms with van der Waals surface area (Å²) in [6, 6.07) is 16.8. The molecule has 1 aromatic heterocycles. The van der Waals surface area contributed by atoms with Gasteiger partial charge in [0.1, 0.15) is 5.75 Å². The molecular formula is C21H22N4O3S2. The molecule has 0 radical (unpaired) electrons. The van der Waals surface area contributed by atoms with Crippen molar-refractivity contribution in [2.24, 2.45) is 0 Å². The number of hydrogen-bond acceptors (Lipinski definition) is 7. The van der Waals surface area contributed by atoms with Crippen molar-refractivity contribution in [2.75, 3.05) is 11.1 Å². The van der Waals surface area contributed by atoms with Crippen LogP contribution in [0, 0.1) is 0 Å². The Labute approximate surface area is 183 Å². The number of thioether (sulfide) groups is 1. The third kappa shape index (κ3) is 6.85. The number of benzene rings is 2. The predicted octanol–water partition coefficient (Wildman–Crippen LogP) is 3.99. The third-order valence-electron chi connectivity index (χ3n) is 3.74. The van der Waals surface area contributed by atoms with Crippen LogP contribution in [-0.4, -0.2) is 33.9 Å². The summed E-state index contributed by atoms with van der Waals surface area (Å²) in [7, 11) is 0. The van der Waals surface area contributed by atoms with E-state index in [0.717, 1.165) is 22.6 Å². The molecule has 0 fully saturated rings. The Morgan fingerprint density at radius 3 is 2.50 bits per heavy atom. The van der Waals surface area contributed by atoms with Gasteiger partial charge in [-0.2, -0.15) is 0 Å². The van der Waals surface area contributed by atoms with Gasteiger partial charge in [0, 0.05) is 12.2 Å². The van der Waals surface area contributed by atoms with Gasteiger partial charge in [0.05, 0.1) is 11.9 Å². The minimum Gasteiger partial charge on any atom is -0.491 e. The molecule has 2 amide bonds. The lowest BCUT2D eigenvalue weighted by Gasteiger charge is -2.10. The molecule has 9 heteroatoms. The number of rotatable bonds is 9. The van der Waals surface area contributed by atoms with Crippen molar-refractivity contribution >= 4 is 40.6 Å². The van der Waals surface area contributed by atoms with Crippen LogP contribution in [0.25, 0.3) is 0 Å². The van der Waals surface area contributed by atoms with Crippen LogP contribution in [-0.2, 0) is 11.3 Å². The van der Waals surface area contributed by atoms with Crippen LogP contribution in [0.3, 0.4) is 0 Å². The molecular weight excluding hydrogens is 420 g/mol. The van der Waals surface area contributed by atoms with Gasteiger partial charge < -0.3 is 15.4 Å². The molecule has 0 bridgehead atoms. The van der Waals surface area contributed by atoms with Gasteiger partial charge in [0.25, 0.3) is 5.91 Å². The quantitative estimate of drug-likeness (QED) is 0.487. The highest BCUT2D eigenvalue weighted by molar-refractivity contribution is 8.01.